The number of ether oxygens (including phenoxy) is 1. The summed E-state index contributed by atoms with van der Waals surface area (Å²) in [6.07, 6.45) is 22.5. The molecule has 0 spiro atoms. The van der Waals surface area contributed by atoms with E-state index in [4.69, 9.17) is 4.74 Å². The molecule has 0 saturated carbocycles. The Morgan fingerprint density at radius 1 is 0.848 bits per heavy atom. The fourth-order valence-corrected chi connectivity index (χ4v) is 3.87. The number of urea groups is 1. The Hall–Kier alpha value is -2.01. The Bertz CT molecular complexity index is 604. The van der Waals surface area contributed by atoms with E-state index in [0.29, 0.717) is 12.3 Å². The van der Waals surface area contributed by atoms with Gasteiger partial charge in [-0.1, -0.05) is 110 Å². The highest BCUT2D eigenvalue weighted by molar-refractivity contribution is 5.89. The number of phenols is 1. The molecule has 3 N–H and O–H groups in total. The lowest BCUT2D eigenvalue weighted by molar-refractivity contribution is 0.0676. The number of aromatic hydroxyl groups is 1. The van der Waals surface area contributed by atoms with Gasteiger partial charge in [0.1, 0.15) is 12.0 Å². The van der Waals surface area contributed by atoms with E-state index in [1.165, 1.54) is 102 Å². The lowest BCUT2D eigenvalue weighted by atomic mass is 10.0. The molecular weight excluding hydrogens is 412 g/mol. The number of rotatable bonds is 21. The Kier molecular flexibility index (Phi) is 18.1. The molecule has 0 aliphatic rings. The smallest absolute Gasteiger partial charge is 0.321 e. The van der Waals surface area contributed by atoms with Crippen LogP contribution in [0.5, 0.6) is 5.75 Å². The largest absolute Gasteiger partial charge is 0.508 e. The van der Waals surface area contributed by atoms with Crippen LogP contribution in [0.4, 0.5) is 10.5 Å². The molecule has 1 unspecified atom stereocenters. The molecule has 5 nitrogen and oxygen atoms in total. The minimum atomic E-state index is -0.515. The fourth-order valence-electron chi connectivity index (χ4n) is 3.87. The van der Waals surface area contributed by atoms with Gasteiger partial charge in [-0.25, -0.2) is 4.79 Å². The maximum Gasteiger partial charge on any atom is 0.321 e. The van der Waals surface area contributed by atoms with Crippen molar-refractivity contribution in [3.05, 3.63) is 36.9 Å². The predicted molar refractivity (Wildman–Crippen MR) is 140 cm³/mol. The second-order valence-corrected chi connectivity index (χ2v) is 8.98. The summed E-state index contributed by atoms with van der Waals surface area (Å²) < 4.78 is 5.71. The van der Waals surface area contributed by atoms with Crippen molar-refractivity contribution in [3.8, 4) is 5.75 Å². The highest BCUT2D eigenvalue weighted by Gasteiger charge is 2.09. The van der Waals surface area contributed by atoms with Gasteiger partial charge in [0.25, 0.3) is 0 Å². The first-order chi connectivity index (χ1) is 16.2. The van der Waals surface area contributed by atoms with Crippen molar-refractivity contribution in [2.24, 2.45) is 0 Å². The third kappa shape index (κ3) is 17.2. The summed E-state index contributed by atoms with van der Waals surface area (Å²) >= 11 is 0. The maximum atomic E-state index is 12.0. The fraction of sp³-hybridized carbons (Fsp3) is 0.679. The zero-order valence-electron chi connectivity index (χ0n) is 21.0. The average molecular weight is 461 g/mol. The van der Waals surface area contributed by atoms with Crippen molar-refractivity contribution in [1.82, 2.24) is 5.32 Å². The topological polar surface area (TPSA) is 70.6 Å². The summed E-state index contributed by atoms with van der Waals surface area (Å²) in [6, 6.07) is 5.95. The lowest BCUT2D eigenvalue weighted by Gasteiger charge is -2.16. The Balaban J connectivity index is 1.89. The summed E-state index contributed by atoms with van der Waals surface area (Å²) in [5.41, 5.74) is 0.603. The number of unbranched alkanes of at least 4 members (excludes halogenated alkanes) is 15. The van der Waals surface area contributed by atoms with E-state index < -0.39 is 6.23 Å². The van der Waals surface area contributed by atoms with E-state index in [1.807, 2.05) is 0 Å². The van der Waals surface area contributed by atoms with E-state index >= 15 is 0 Å². The molecule has 1 atom stereocenters. The van der Waals surface area contributed by atoms with Crippen LogP contribution >= 0.6 is 0 Å². The molecule has 188 valence electrons. The van der Waals surface area contributed by atoms with Gasteiger partial charge in [0, 0.05) is 12.3 Å². The molecule has 0 saturated heterocycles. The van der Waals surface area contributed by atoms with Crippen LogP contribution in [0.25, 0.3) is 0 Å². The van der Waals surface area contributed by atoms with Gasteiger partial charge in [-0.2, -0.15) is 0 Å². The second-order valence-electron chi connectivity index (χ2n) is 8.98. The highest BCUT2D eigenvalue weighted by Crippen LogP contribution is 2.15. The first-order valence-corrected chi connectivity index (χ1v) is 13.3. The summed E-state index contributed by atoms with van der Waals surface area (Å²) in [6.45, 7) is 6.61. The zero-order valence-corrected chi connectivity index (χ0v) is 21.0. The first kappa shape index (κ1) is 29.0. The number of hydrogen-bond donors (Lipinski definition) is 3. The van der Waals surface area contributed by atoms with Crippen molar-refractivity contribution < 1.29 is 14.6 Å². The quantitative estimate of drug-likeness (QED) is 0.0747. The number of amides is 2. The minimum Gasteiger partial charge on any atom is -0.508 e. The number of hydrogen-bond acceptors (Lipinski definition) is 3. The van der Waals surface area contributed by atoms with Crippen molar-refractivity contribution in [3.63, 3.8) is 0 Å². The van der Waals surface area contributed by atoms with Crippen molar-refractivity contribution in [2.45, 2.75) is 116 Å². The number of carbonyl (C=O) groups is 1. The molecule has 1 aromatic rings. The number of phenolic OH excluding ortho intramolecular Hbond substituents is 1. The zero-order chi connectivity index (χ0) is 24.0. The van der Waals surface area contributed by atoms with Crippen LogP contribution in [-0.2, 0) is 4.74 Å². The second kappa shape index (κ2) is 20.6. The van der Waals surface area contributed by atoms with Gasteiger partial charge in [-0.3, -0.25) is 0 Å². The average Bonchev–Trinajstić information content (AvgIpc) is 2.81. The summed E-state index contributed by atoms with van der Waals surface area (Å²) in [7, 11) is 0. The van der Waals surface area contributed by atoms with Gasteiger partial charge in [-0.05, 0) is 36.8 Å². The summed E-state index contributed by atoms with van der Waals surface area (Å²) in [5, 5.41) is 14.7. The number of nitrogens with one attached hydrogen (secondary N) is 2. The van der Waals surface area contributed by atoms with Gasteiger partial charge in [0.2, 0.25) is 0 Å². The van der Waals surface area contributed by atoms with Crippen molar-refractivity contribution in [1.29, 1.82) is 0 Å². The molecule has 0 radical (unpaired) electrons. The number of carbonyl (C=O) groups excluding carboxylic acids is 1. The van der Waals surface area contributed by atoms with Gasteiger partial charge >= 0.3 is 6.03 Å². The molecule has 33 heavy (non-hydrogen) atoms. The summed E-state index contributed by atoms with van der Waals surface area (Å²) in [5.74, 6) is 0.159. The van der Waals surface area contributed by atoms with E-state index in [-0.39, 0.29) is 11.8 Å². The van der Waals surface area contributed by atoms with Crippen LogP contribution in [0.2, 0.25) is 0 Å². The molecular formula is C28H48N2O3. The SMILES string of the molecule is C=CC(NC(=O)Nc1ccc(O)cc1)OCCCCCCCCCCCCCCCCCC. The molecule has 0 heterocycles. The molecule has 0 aliphatic heterocycles. The van der Waals surface area contributed by atoms with Crippen LogP contribution < -0.4 is 10.6 Å². The first-order valence-electron chi connectivity index (χ1n) is 13.3. The third-order valence-corrected chi connectivity index (χ3v) is 5.91. The van der Waals surface area contributed by atoms with Gasteiger partial charge in [0.05, 0.1) is 0 Å². The van der Waals surface area contributed by atoms with Crippen LogP contribution in [0.3, 0.4) is 0 Å². The van der Waals surface area contributed by atoms with Crippen LogP contribution in [-0.4, -0.2) is 24.0 Å². The normalized spacial score (nSPS) is 11.8. The van der Waals surface area contributed by atoms with E-state index in [9.17, 15) is 9.90 Å². The van der Waals surface area contributed by atoms with E-state index in [0.717, 1.165) is 12.8 Å². The highest BCUT2D eigenvalue weighted by atomic mass is 16.5. The van der Waals surface area contributed by atoms with Gasteiger partial charge in [0.15, 0.2) is 0 Å². The van der Waals surface area contributed by atoms with Crippen LogP contribution in [0, 0.1) is 0 Å². The monoisotopic (exact) mass is 460 g/mol. The Morgan fingerprint density at radius 2 is 1.30 bits per heavy atom. The third-order valence-electron chi connectivity index (χ3n) is 5.91. The van der Waals surface area contributed by atoms with E-state index in [1.54, 1.807) is 18.2 Å². The molecule has 5 heteroatoms. The van der Waals surface area contributed by atoms with Crippen LogP contribution in [0.15, 0.2) is 36.9 Å². The van der Waals surface area contributed by atoms with E-state index in [2.05, 4.69) is 24.1 Å². The number of benzene rings is 1. The molecule has 0 bridgehead atoms. The van der Waals surface area contributed by atoms with Gasteiger partial charge < -0.3 is 20.5 Å². The molecule has 0 aliphatic carbocycles. The maximum absolute atomic E-state index is 12.0. The predicted octanol–water partition coefficient (Wildman–Crippen LogP) is 8.30. The Morgan fingerprint density at radius 3 is 1.76 bits per heavy atom. The molecule has 0 aromatic heterocycles. The van der Waals surface area contributed by atoms with Gasteiger partial charge in [-0.15, -0.1) is 0 Å². The Labute approximate surface area is 202 Å². The number of anilines is 1. The van der Waals surface area contributed by atoms with Crippen molar-refractivity contribution in [2.75, 3.05) is 11.9 Å². The standard InChI is InChI=1S/C28H48N2O3/c1-3-5-6-7-8-9-10-11-12-13-14-15-16-17-18-19-24-33-27(4-2)30-28(32)29-25-20-22-26(31)23-21-25/h4,20-23,27,31H,2-3,5-19,24H2,1H3,(H2,29,30,32). The molecule has 0 fully saturated rings. The molecule has 1 aromatic carbocycles. The molecule has 1 rings (SSSR count). The molecule has 2 amide bonds. The van der Waals surface area contributed by atoms with Crippen LogP contribution in [0.1, 0.15) is 110 Å². The summed E-state index contributed by atoms with van der Waals surface area (Å²) in [4.78, 5) is 12.0. The lowest BCUT2D eigenvalue weighted by Crippen LogP contribution is -2.38. The van der Waals surface area contributed by atoms with Crippen molar-refractivity contribution >= 4 is 11.7 Å². The minimum absolute atomic E-state index is 0.159.